The second-order valence-corrected chi connectivity index (χ2v) is 6.25. The molecular weight excluding hydrogens is 319 g/mol. The molecule has 7 heteroatoms. The van der Waals surface area contributed by atoms with Crippen LogP contribution in [-0.2, 0) is 12.6 Å². The van der Waals surface area contributed by atoms with Crippen LogP contribution in [-0.4, -0.2) is 32.8 Å². The van der Waals surface area contributed by atoms with Crippen LogP contribution >= 0.6 is 0 Å². The number of fused-ring (bicyclic) bond motifs is 1. The molecule has 1 saturated heterocycles. The van der Waals surface area contributed by atoms with Gasteiger partial charge in [-0.15, -0.1) is 0 Å². The van der Waals surface area contributed by atoms with Gasteiger partial charge in [-0.25, -0.2) is 4.98 Å². The van der Waals surface area contributed by atoms with E-state index in [-0.39, 0.29) is 17.6 Å². The van der Waals surface area contributed by atoms with Crippen LogP contribution in [0, 0.1) is 0 Å². The highest BCUT2D eigenvalue weighted by Gasteiger charge is 2.33. The summed E-state index contributed by atoms with van der Waals surface area (Å²) in [6.07, 6.45) is -0.0873. The summed E-state index contributed by atoms with van der Waals surface area (Å²) in [7, 11) is 0. The Morgan fingerprint density at radius 3 is 2.71 bits per heavy atom. The highest BCUT2D eigenvalue weighted by atomic mass is 19.4. The maximum absolute atomic E-state index is 13.0. The molecule has 3 rings (SSSR count). The number of halogens is 3. The maximum atomic E-state index is 13.0. The summed E-state index contributed by atoms with van der Waals surface area (Å²) in [6.45, 7) is 4.46. The van der Waals surface area contributed by atoms with Gasteiger partial charge in [-0.2, -0.15) is 13.2 Å². The molecule has 3 heterocycles. The molecule has 0 N–H and O–H groups in total. The molecule has 0 aliphatic carbocycles. The zero-order chi connectivity index (χ0) is 17.5. The van der Waals surface area contributed by atoms with Crippen LogP contribution in [0.3, 0.4) is 0 Å². The highest BCUT2D eigenvalue weighted by Crippen LogP contribution is 2.30. The fraction of sp³-hybridized carbons (Fsp3) is 0.529. The van der Waals surface area contributed by atoms with Gasteiger partial charge in [0, 0.05) is 18.8 Å². The minimum absolute atomic E-state index is 0.0901. The number of aryl methyl sites for hydroxylation is 1. The van der Waals surface area contributed by atoms with Crippen molar-refractivity contribution in [3.63, 3.8) is 0 Å². The predicted molar refractivity (Wildman–Crippen MR) is 83.9 cm³/mol. The van der Waals surface area contributed by atoms with Crippen LogP contribution in [0.2, 0.25) is 0 Å². The summed E-state index contributed by atoms with van der Waals surface area (Å²) in [4.78, 5) is 19.1. The van der Waals surface area contributed by atoms with Crippen LogP contribution in [0.4, 0.5) is 13.2 Å². The van der Waals surface area contributed by atoms with Crippen molar-refractivity contribution in [1.29, 1.82) is 0 Å². The van der Waals surface area contributed by atoms with Gasteiger partial charge in [-0.1, -0.05) is 6.92 Å². The molecule has 2 aromatic rings. The van der Waals surface area contributed by atoms with E-state index in [1.54, 1.807) is 4.90 Å². The van der Waals surface area contributed by atoms with Crippen molar-refractivity contribution < 1.29 is 18.0 Å². The van der Waals surface area contributed by atoms with E-state index in [0.717, 1.165) is 31.5 Å². The lowest BCUT2D eigenvalue weighted by Crippen LogP contribution is -2.42. The fourth-order valence-electron chi connectivity index (χ4n) is 3.27. The lowest BCUT2D eigenvalue weighted by molar-refractivity contribution is -0.137. The molecule has 0 saturated carbocycles. The molecule has 1 aliphatic rings. The number of hydrogen-bond donors (Lipinski definition) is 0. The summed E-state index contributed by atoms with van der Waals surface area (Å²) in [6, 6.07) is 2.41. The Labute approximate surface area is 138 Å². The van der Waals surface area contributed by atoms with Gasteiger partial charge in [0.1, 0.15) is 11.3 Å². The molecule has 4 nitrogen and oxygen atoms in total. The average molecular weight is 339 g/mol. The van der Waals surface area contributed by atoms with Crippen molar-refractivity contribution in [2.75, 3.05) is 6.54 Å². The molecular formula is C17H20F3N3O. The van der Waals surface area contributed by atoms with E-state index in [9.17, 15) is 18.0 Å². The molecule has 24 heavy (non-hydrogen) atoms. The standard InChI is InChI=1S/C17H20F3N3O/c1-3-13-15(16(24)22-9-5-4-6-11(22)2)23-10-12(17(18,19)20)7-8-14(23)21-13/h7-8,10-11H,3-6,9H2,1-2H3. The third kappa shape index (κ3) is 2.87. The van der Waals surface area contributed by atoms with Gasteiger partial charge in [0.15, 0.2) is 0 Å². The van der Waals surface area contributed by atoms with Crippen LogP contribution in [0.5, 0.6) is 0 Å². The van der Waals surface area contributed by atoms with Gasteiger partial charge in [-0.3, -0.25) is 9.20 Å². The quantitative estimate of drug-likeness (QED) is 0.831. The first-order valence-electron chi connectivity index (χ1n) is 8.22. The van der Waals surface area contributed by atoms with Crippen LogP contribution in [0.15, 0.2) is 18.3 Å². The first-order chi connectivity index (χ1) is 11.3. The fourth-order valence-corrected chi connectivity index (χ4v) is 3.27. The van der Waals surface area contributed by atoms with E-state index in [2.05, 4.69) is 4.98 Å². The third-order valence-corrected chi connectivity index (χ3v) is 4.62. The van der Waals surface area contributed by atoms with E-state index in [1.807, 2.05) is 13.8 Å². The average Bonchev–Trinajstić information content (AvgIpc) is 2.91. The van der Waals surface area contributed by atoms with E-state index < -0.39 is 11.7 Å². The first-order valence-corrected chi connectivity index (χ1v) is 8.22. The molecule has 130 valence electrons. The van der Waals surface area contributed by atoms with Gasteiger partial charge < -0.3 is 4.90 Å². The van der Waals surface area contributed by atoms with E-state index in [0.29, 0.717) is 24.3 Å². The maximum Gasteiger partial charge on any atom is 0.417 e. The number of alkyl halides is 3. The molecule has 1 unspecified atom stereocenters. The second-order valence-electron chi connectivity index (χ2n) is 6.25. The van der Waals surface area contributed by atoms with Crippen LogP contribution in [0.25, 0.3) is 5.65 Å². The number of hydrogen-bond acceptors (Lipinski definition) is 2. The lowest BCUT2D eigenvalue weighted by atomic mass is 10.0. The highest BCUT2D eigenvalue weighted by molar-refractivity contribution is 5.95. The Bertz CT molecular complexity index is 766. The Morgan fingerprint density at radius 1 is 1.33 bits per heavy atom. The Kier molecular flexibility index (Phi) is 4.27. The number of carbonyl (C=O) groups is 1. The number of nitrogens with zero attached hydrogens (tertiary/aromatic N) is 3. The van der Waals surface area contributed by atoms with Gasteiger partial charge in [-0.05, 0) is 44.7 Å². The number of amides is 1. The molecule has 0 bridgehead atoms. The SMILES string of the molecule is CCc1nc2ccc(C(F)(F)F)cn2c1C(=O)N1CCCCC1C. The van der Waals surface area contributed by atoms with Crippen LogP contribution < -0.4 is 0 Å². The monoisotopic (exact) mass is 339 g/mol. The second kappa shape index (κ2) is 6.11. The summed E-state index contributed by atoms with van der Waals surface area (Å²) in [5.74, 6) is -0.231. The number of imidazole rings is 1. The number of likely N-dealkylation sites (tertiary alicyclic amines) is 1. The topological polar surface area (TPSA) is 37.6 Å². The Balaban J connectivity index is 2.12. The van der Waals surface area contributed by atoms with E-state index >= 15 is 0 Å². The van der Waals surface area contributed by atoms with Crippen molar-refractivity contribution in [2.24, 2.45) is 0 Å². The number of piperidine rings is 1. The van der Waals surface area contributed by atoms with E-state index in [1.165, 1.54) is 10.5 Å². The minimum atomic E-state index is -4.45. The lowest BCUT2D eigenvalue weighted by Gasteiger charge is -2.33. The zero-order valence-corrected chi connectivity index (χ0v) is 13.7. The molecule has 0 radical (unpaired) electrons. The summed E-state index contributed by atoms with van der Waals surface area (Å²) in [5, 5.41) is 0. The van der Waals surface area contributed by atoms with Crippen molar-refractivity contribution in [3.8, 4) is 0 Å². The normalized spacial score (nSPS) is 19.0. The molecule has 1 fully saturated rings. The summed E-state index contributed by atoms with van der Waals surface area (Å²) < 4.78 is 40.4. The molecule has 2 aromatic heterocycles. The smallest absolute Gasteiger partial charge is 0.335 e. The van der Waals surface area contributed by atoms with Gasteiger partial charge in [0.2, 0.25) is 0 Å². The van der Waals surface area contributed by atoms with Crippen molar-refractivity contribution in [2.45, 2.75) is 51.7 Å². The predicted octanol–water partition coefficient (Wildman–Crippen LogP) is 3.93. The van der Waals surface area contributed by atoms with Crippen LogP contribution in [0.1, 0.15) is 54.9 Å². The molecule has 1 atom stereocenters. The zero-order valence-electron chi connectivity index (χ0n) is 13.7. The van der Waals surface area contributed by atoms with Gasteiger partial charge in [0.05, 0.1) is 11.3 Å². The van der Waals surface area contributed by atoms with Crippen molar-refractivity contribution in [1.82, 2.24) is 14.3 Å². The number of rotatable bonds is 2. The largest absolute Gasteiger partial charge is 0.417 e. The Hall–Kier alpha value is -2.05. The van der Waals surface area contributed by atoms with Gasteiger partial charge >= 0.3 is 6.18 Å². The van der Waals surface area contributed by atoms with E-state index in [4.69, 9.17) is 0 Å². The summed E-state index contributed by atoms with van der Waals surface area (Å²) >= 11 is 0. The molecule has 1 aliphatic heterocycles. The van der Waals surface area contributed by atoms with Crippen molar-refractivity contribution in [3.05, 3.63) is 35.3 Å². The molecule has 0 aromatic carbocycles. The first kappa shape index (κ1) is 16.8. The Morgan fingerprint density at radius 2 is 2.08 bits per heavy atom. The van der Waals surface area contributed by atoms with Crippen molar-refractivity contribution >= 4 is 11.6 Å². The van der Waals surface area contributed by atoms with Gasteiger partial charge in [0.25, 0.3) is 5.91 Å². The minimum Gasteiger partial charge on any atom is -0.335 e. The molecule has 0 spiro atoms. The number of pyridine rings is 1. The number of carbonyl (C=O) groups excluding carboxylic acids is 1. The number of aromatic nitrogens is 2. The molecule has 1 amide bonds. The third-order valence-electron chi connectivity index (χ3n) is 4.62. The summed E-state index contributed by atoms with van der Waals surface area (Å²) in [5.41, 5.74) is 0.383.